The number of hydrogen-bond donors (Lipinski definition) is 3. The number of hydrogen-bond acceptors (Lipinski definition) is 3. The van der Waals surface area contributed by atoms with Crippen molar-refractivity contribution in [2.75, 3.05) is 0 Å². The highest BCUT2D eigenvalue weighted by atomic mass is 16.3. The second-order valence-corrected chi connectivity index (χ2v) is 7.40. The highest BCUT2D eigenvalue weighted by Crippen LogP contribution is 2.36. The monoisotopic (exact) mass is 366 g/mol. The number of aliphatic hydroxyl groups is 1. The Morgan fingerprint density at radius 1 is 1.04 bits per heavy atom. The van der Waals surface area contributed by atoms with Gasteiger partial charge < -0.3 is 15.3 Å². The van der Waals surface area contributed by atoms with Gasteiger partial charge in [0.05, 0.1) is 6.10 Å². The highest BCUT2D eigenvalue weighted by Gasteiger charge is 2.19. The van der Waals surface area contributed by atoms with E-state index in [1.165, 1.54) is 5.56 Å². The first-order valence-corrected chi connectivity index (χ1v) is 9.36. The van der Waals surface area contributed by atoms with Crippen molar-refractivity contribution in [2.24, 2.45) is 0 Å². The molecule has 0 spiro atoms. The molecule has 0 bridgehead atoms. The zero-order valence-corrected chi connectivity index (χ0v) is 16.5. The van der Waals surface area contributed by atoms with E-state index in [-0.39, 0.29) is 17.9 Å². The van der Waals surface area contributed by atoms with Gasteiger partial charge in [-0.25, -0.2) is 0 Å². The minimum atomic E-state index is -0.729. The van der Waals surface area contributed by atoms with Crippen molar-refractivity contribution >= 4 is 0 Å². The van der Waals surface area contributed by atoms with Crippen LogP contribution in [0.2, 0.25) is 0 Å². The number of phenols is 2. The van der Waals surface area contributed by atoms with Crippen molar-refractivity contribution in [3.05, 3.63) is 82.5 Å². The second-order valence-electron chi connectivity index (χ2n) is 7.40. The molecule has 144 valence electrons. The van der Waals surface area contributed by atoms with E-state index in [0.717, 1.165) is 17.6 Å². The second kappa shape index (κ2) is 9.43. The largest absolute Gasteiger partial charge is 0.508 e. The molecule has 27 heavy (non-hydrogen) atoms. The van der Waals surface area contributed by atoms with E-state index < -0.39 is 6.10 Å². The quantitative estimate of drug-likeness (QED) is 0.584. The summed E-state index contributed by atoms with van der Waals surface area (Å²) in [6.45, 7) is 9.55. The van der Waals surface area contributed by atoms with Gasteiger partial charge in [0.1, 0.15) is 11.5 Å². The maximum atomic E-state index is 10.9. The lowest BCUT2D eigenvalue weighted by molar-refractivity contribution is 0.210. The molecule has 0 aliphatic rings. The van der Waals surface area contributed by atoms with Crippen molar-refractivity contribution in [3.8, 4) is 11.5 Å². The number of phenolic OH excluding ortho intramolecular Hbond substituents is 2. The Balaban J connectivity index is 2.40. The van der Waals surface area contributed by atoms with Gasteiger partial charge in [0.25, 0.3) is 0 Å². The van der Waals surface area contributed by atoms with Crippen LogP contribution in [-0.2, 0) is 25.7 Å². The van der Waals surface area contributed by atoms with Crippen LogP contribution in [0.4, 0.5) is 0 Å². The van der Waals surface area contributed by atoms with Gasteiger partial charge in [0.2, 0.25) is 0 Å². The molecule has 0 aliphatic carbocycles. The molecule has 0 aromatic heterocycles. The van der Waals surface area contributed by atoms with E-state index in [4.69, 9.17) is 0 Å². The maximum Gasteiger partial charge on any atom is 0.126 e. The normalized spacial score (nSPS) is 11.9. The van der Waals surface area contributed by atoms with Crippen molar-refractivity contribution in [1.82, 2.24) is 0 Å². The molecular weight excluding hydrogens is 336 g/mol. The first-order chi connectivity index (χ1) is 12.8. The molecular formula is C24H30O3. The zero-order chi connectivity index (χ0) is 20.0. The first kappa shape index (κ1) is 20.8. The van der Waals surface area contributed by atoms with Crippen LogP contribution in [0.1, 0.15) is 43.0 Å². The molecule has 3 N–H and O–H groups in total. The summed E-state index contributed by atoms with van der Waals surface area (Å²) in [5.41, 5.74) is 5.01. The number of allylic oxidation sites excluding steroid dienone is 2. The molecule has 1 atom stereocenters. The summed E-state index contributed by atoms with van der Waals surface area (Å²) in [7, 11) is 0. The molecule has 2 rings (SSSR count). The van der Waals surface area contributed by atoms with Gasteiger partial charge in [-0.2, -0.15) is 0 Å². The number of aliphatic hydroxyl groups excluding tert-OH is 1. The van der Waals surface area contributed by atoms with Gasteiger partial charge >= 0.3 is 0 Å². The highest BCUT2D eigenvalue weighted by molar-refractivity contribution is 5.54. The molecule has 0 radical (unpaired) electrons. The van der Waals surface area contributed by atoms with E-state index >= 15 is 0 Å². The summed E-state index contributed by atoms with van der Waals surface area (Å²) in [6, 6.07) is 11.8. The van der Waals surface area contributed by atoms with Crippen LogP contribution >= 0.6 is 0 Å². The van der Waals surface area contributed by atoms with Gasteiger partial charge in [0.15, 0.2) is 0 Å². The topological polar surface area (TPSA) is 60.7 Å². The molecule has 2 aromatic rings. The molecule has 0 amide bonds. The molecule has 0 heterocycles. The maximum absolute atomic E-state index is 10.9. The van der Waals surface area contributed by atoms with Crippen molar-refractivity contribution in [1.29, 1.82) is 0 Å². The van der Waals surface area contributed by atoms with Crippen LogP contribution in [0.15, 0.2) is 60.2 Å². The fourth-order valence-electron chi connectivity index (χ4n) is 3.04. The Kier molecular flexibility index (Phi) is 7.26. The SMILES string of the molecule is C=C(C)C(O)Cc1c(CCc2ccccc2)cc(O)c(CC=C(C)C)c1O. The van der Waals surface area contributed by atoms with Gasteiger partial charge in [-0.3, -0.25) is 0 Å². The Labute approximate surface area is 162 Å². The van der Waals surface area contributed by atoms with E-state index in [0.29, 0.717) is 29.5 Å². The van der Waals surface area contributed by atoms with E-state index in [9.17, 15) is 15.3 Å². The molecule has 3 nitrogen and oxygen atoms in total. The minimum Gasteiger partial charge on any atom is -0.508 e. The van der Waals surface area contributed by atoms with Gasteiger partial charge in [0, 0.05) is 17.5 Å². The number of aryl methyl sites for hydroxylation is 2. The summed E-state index contributed by atoms with van der Waals surface area (Å²) in [4.78, 5) is 0. The smallest absolute Gasteiger partial charge is 0.126 e. The number of aromatic hydroxyl groups is 2. The van der Waals surface area contributed by atoms with Crippen LogP contribution in [0.25, 0.3) is 0 Å². The van der Waals surface area contributed by atoms with Crippen LogP contribution in [0, 0.1) is 0 Å². The zero-order valence-electron chi connectivity index (χ0n) is 16.5. The van der Waals surface area contributed by atoms with E-state index in [1.807, 2.05) is 38.1 Å². The van der Waals surface area contributed by atoms with Crippen molar-refractivity contribution in [2.45, 2.75) is 52.6 Å². The van der Waals surface area contributed by atoms with Crippen LogP contribution in [0.3, 0.4) is 0 Å². The Morgan fingerprint density at radius 2 is 1.70 bits per heavy atom. The molecule has 3 heteroatoms. The number of rotatable bonds is 8. The van der Waals surface area contributed by atoms with Crippen LogP contribution < -0.4 is 0 Å². The van der Waals surface area contributed by atoms with Crippen LogP contribution in [-0.4, -0.2) is 21.4 Å². The fourth-order valence-corrected chi connectivity index (χ4v) is 3.04. The van der Waals surface area contributed by atoms with Gasteiger partial charge in [-0.05, 0) is 57.2 Å². The summed E-state index contributed by atoms with van der Waals surface area (Å²) in [5.74, 6) is 0.178. The minimum absolute atomic E-state index is 0.0795. The average molecular weight is 367 g/mol. The average Bonchev–Trinajstić information content (AvgIpc) is 2.62. The summed E-state index contributed by atoms with van der Waals surface area (Å²) >= 11 is 0. The van der Waals surface area contributed by atoms with Crippen molar-refractivity contribution in [3.63, 3.8) is 0 Å². The first-order valence-electron chi connectivity index (χ1n) is 9.36. The van der Waals surface area contributed by atoms with Gasteiger partial charge in [-0.1, -0.05) is 54.1 Å². The third-order valence-corrected chi connectivity index (χ3v) is 4.79. The van der Waals surface area contributed by atoms with E-state index in [1.54, 1.807) is 13.0 Å². The third kappa shape index (κ3) is 5.73. The standard InChI is InChI=1S/C24H30O3/c1-16(2)10-13-20-23(26)14-19(12-11-18-8-6-5-7-9-18)21(24(20)27)15-22(25)17(3)4/h5-10,14,22,25-27H,3,11-13,15H2,1-2,4H3. The third-order valence-electron chi connectivity index (χ3n) is 4.79. The predicted octanol–water partition coefficient (Wildman–Crippen LogP) is 4.87. The summed E-state index contributed by atoms with van der Waals surface area (Å²) in [5, 5.41) is 31.6. The van der Waals surface area contributed by atoms with E-state index in [2.05, 4.69) is 18.7 Å². The Bertz CT molecular complexity index is 815. The summed E-state index contributed by atoms with van der Waals surface area (Å²) < 4.78 is 0. The molecule has 0 aliphatic heterocycles. The summed E-state index contributed by atoms with van der Waals surface area (Å²) in [6.07, 6.45) is 3.45. The van der Waals surface area contributed by atoms with Gasteiger partial charge in [-0.15, -0.1) is 0 Å². The Morgan fingerprint density at radius 3 is 2.30 bits per heavy atom. The molecule has 1 unspecified atom stereocenters. The lowest BCUT2D eigenvalue weighted by atomic mass is 9.90. The molecule has 0 fully saturated rings. The number of benzene rings is 2. The predicted molar refractivity (Wildman–Crippen MR) is 111 cm³/mol. The Hall–Kier alpha value is -2.52. The molecule has 0 saturated carbocycles. The lowest BCUT2D eigenvalue weighted by Crippen LogP contribution is -2.14. The lowest BCUT2D eigenvalue weighted by Gasteiger charge is -2.19. The molecule has 0 saturated heterocycles. The molecule has 2 aromatic carbocycles. The fraction of sp³-hybridized carbons (Fsp3) is 0.333. The van der Waals surface area contributed by atoms with Crippen LogP contribution in [0.5, 0.6) is 11.5 Å². The van der Waals surface area contributed by atoms with Crippen molar-refractivity contribution < 1.29 is 15.3 Å².